The zero-order valence-electron chi connectivity index (χ0n) is 6.55. The lowest BCUT2D eigenvalue weighted by molar-refractivity contribution is -0.121. The number of carbonyl (C=O) groups excluding carboxylic acids is 1. The van der Waals surface area contributed by atoms with Crippen molar-refractivity contribution < 1.29 is 9.53 Å². The third-order valence-electron chi connectivity index (χ3n) is 1.43. The van der Waals surface area contributed by atoms with E-state index < -0.39 is 0 Å². The van der Waals surface area contributed by atoms with Crippen molar-refractivity contribution in [3.63, 3.8) is 0 Å². The fourth-order valence-corrected chi connectivity index (χ4v) is 0.875. The van der Waals surface area contributed by atoms with Gasteiger partial charge in [-0.05, 0) is 0 Å². The van der Waals surface area contributed by atoms with Crippen LogP contribution in [-0.4, -0.2) is 38.7 Å². The molecule has 1 amide bonds. The van der Waals surface area contributed by atoms with E-state index in [2.05, 4.69) is 15.6 Å². The largest absolute Gasteiger partial charge is 0.382 e. The van der Waals surface area contributed by atoms with Crippen LogP contribution in [0.3, 0.4) is 0 Å². The van der Waals surface area contributed by atoms with E-state index >= 15 is 0 Å². The van der Waals surface area contributed by atoms with Crippen LogP contribution in [0.25, 0.3) is 0 Å². The van der Waals surface area contributed by atoms with Gasteiger partial charge < -0.3 is 10.1 Å². The van der Waals surface area contributed by atoms with Gasteiger partial charge in [0.1, 0.15) is 6.04 Å². The number of amides is 1. The Kier molecular flexibility index (Phi) is 2.43. The molecule has 11 heavy (non-hydrogen) atoms. The first kappa shape index (κ1) is 8.00. The van der Waals surface area contributed by atoms with Gasteiger partial charge in [-0.3, -0.25) is 15.1 Å². The fraction of sp³-hybridized carbons (Fsp3) is 0.667. The summed E-state index contributed by atoms with van der Waals surface area (Å²) in [5.74, 6) is 0.421. The number of carbonyl (C=O) groups is 1. The number of nitrogens with one attached hydrogen (secondary N) is 2. The molecular formula is C6H11N3O2. The van der Waals surface area contributed by atoms with Crippen LogP contribution in [0, 0.1) is 0 Å². The number of methoxy groups -OCH3 is 1. The minimum absolute atomic E-state index is 0.0903. The van der Waals surface area contributed by atoms with E-state index in [1.54, 1.807) is 14.2 Å². The van der Waals surface area contributed by atoms with Crippen LogP contribution in [0.5, 0.6) is 0 Å². The molecule has 1 aliphatic heterocycles. The lowest BCUT2D eigenvalue weighted by Crippen LogP contribution is -2.33. The first-order valence-corrected chi connectivity index (χ1v) is 3.31. The van der Waals surface area contributed by atoms with Gasteiger partial charge in [0, 0.05) is 14.2 Å². The number of hydrogen-bond acceptors (Lipinski definition) is 3. The molecule has 2 N–H and O–H groups in total. The summed E-state index contributed by atoms with van der Waals surface area (Å²) in [4.78, 5) is 14.8. The van der Waals surface area contributed by atoms with E-state index in [1.165, 1.54) is 0 Å². The van der Waals surface area contributed by atoms with Gasteiger partial charge in [-0.15, -0.1) is 0 Å². The summed E-state index contributed by atoms with van der Waals surface area (Å²) in [7, 11) is 3.16. The van der Waals surface area contributed by atoms with Gasteiger partial charge in [0.25, 0.3) is 5.91 Å². The molecule has 1 saturated heterocycles. The van der Waals surface area contributed by atoms with Crippen LogP contribution in [0.4, 0.5) is 0 Å². The molecule has 5 heteroatoms. The van der Waals surface area contributed by atoms with E-state index in [1.807, 2.05) is 0 Å². The molecule has 1 fully saturated rings. The summed E-state index contributed by atoms with van der Waals surface area (Å²) in [6.07, 6.45) is 0. The molecule has 0 aromatic heterocycles. The van der Waals surface area contributed by atoms with Crippen LogP contribution in [0.1, 0.15) is 0 Å². The molecule has 0 aliphatic carbocycles. The average Bonchev–Trinajstić information content (AvgIpc) is 2.33. The molecule has 0 radical (unpaired) electrons. The number of aliphatic imine (C=N–C) groups is 1. The summed E-state index contributed by atoms with van der Waals surface area (Å²) < 4.78 is 4.81. The molecule has 1 unspecified atom stereocenters. The van der Waals surface area contributed by atoms with Crippen molar-refractivity contribution in [2.45, 2.75) is 6.04 Å². The topological polar surface area (TPSA) is 62.7 Å². The maximum atomic E-state index is 11.0. The van der Waals surface area contributed by atoms with Crippen LogP contribution in [0.2, 0.25) is 0 Å². The number of guanidine groups is 1. The number of hydrogen-bond donors (Lipinski definition) is 2. The highest BCUT2D eigenvalue weighted by molar-refractivity contribution is 6.06. The molecule has 5 nitrogen and oxygen atoms in total. The van der Waals surface area contributed by atoms with Crippen molar-refractivity contribution >= 4 is 11.9 Å². The summed E-state index contributed by atoms with van der Waals surface area (Å²) in [5, 5.41) is 5.41. The second-order valence-corrected chi connectivity index (χ2v) is 2.21. The Morgan fingerprint density at radius 1 is 1.73 bits per heavy atom. The van der Waals surface area contributed by atoms with Gasteiger partial charge in [-0.25, -0.2) is 0 Å². The van der Waals surface area contributed by atoms with E-state index in [4.69, 9.17) is 4.74 Å². The Balaban J connectivity index is 2.52. The monoisotopic (exact) mass is 157 g/mol. The quantitative estimate of drug-likeness (QED) is 0.524. The Labute approximate surface area is 64.8 Å². The van der Waals surface area contributed by atoms with Crippen molar-refractivity contribution in [1.29, 1.82) is 0 Å². The van der Waals surface area contributed by atoms with Crippen molar-refractivity contribution in [2.75, 3.05) is 20.8 Å². The molecule has 0 saturated carbocycles. The predicted molar refractivity (Wildman–Crippen MR) is 40.3 cm³/mol. The first-order chi connectivity index (χ1) is 5.27. The molecule has 0 spiro atoms. The minimum Gasteiger partial charge on any atom is -0.382 e. The second kappa shape index (κ2) is 3.34. The van der Waals surface area contributed by atoms with Crippen molar-refractivity contribution in [3.8, 4) is 0 Å². The van der Waals surface area contributed by atoms with Crippen molar-refractivity contribution in [1.82, 2.24) is 10.6 Å². The predicted octanol–water partition coefficient (Wildman–Crippen LogP) is -1.29. The normalized spacial score (nSPS) is 26.9. The van der Waals surface area contributed by atoms with Crippen LogP contribution < -0.4 is 10.6 Å². The van der Waals surface area contributed by atoms with Crippen molar-refractivity contribution in [2.24, 2.45) is 4.99 Å². The molecule has 1 atom stereocenters. The molecular weight excluding hydrogens is 146 g/mol. The lowest BCUT2D eigenvalue weighted by Gasteiger charge is -2.03. The smallest absolute Gasteiger partial charge is 0.251 e. The number of rotatable bonds is 2. The number of nitrogens with zero attached hydrogens (tertiary/aromatic N) is 1. The lowest BCUT2D eigenvalue weighted by atomic mass is 10.3. The highest BCUT2D eigenvalue weighted by atomic mass is 16.5. The standard InChI is InChI=1S/C6H11N3O2/c1-7-6-8-4(3-11-2)5(10)9-6/h4H,3H2,1-2H3,(H2,7,8,9,10). The molecule has 0 aromatic rings. The Morgan fingerprint density at radius 3 is 2.91 bits per heavy atom. The molecule has 1 heterocycles. The Bertz CT molecular complexity index is 190. The summed E-state index contributed by atoms with van der Waals surface area (Å²) in [6, 6.07) is -0.293. The zero-order chi connectivity index (χ0) is 8.27. The van der Waals surface area contributed by atoms with E-state index in [0.29, 0.717) is 12.6 Å². The van der Waals surface area contributed by atoms with E-state index in [-0.39, 0.29) is 11.9 Å². The highest BCUT2D eigenvalue weighted by Crippen LogP contribution is 1.92. The van der Waals surface area contributed by atoms with Gasteiger partial charge >= 0.3 is 0 Å². The van der Waals surface area contributed by atoms with Gasteiger partial charge in [-0.2, -0.15) is 0 Å². The molecule has 62 valence electrons. The summed E-state index contributed by atoms with van der Waals surface area (Å²) >= 11 is 0. The Hall–Kier alpha value is -1.10. The minimum atomic E-state index is -0.293. The van der Waals surface area contributed by atoms with Gasteiger partial charge in [0.05, 0.1) is 6.61 Å². The second-order valence-electron chi connectivity index (χ2n) is 2.21. The maximum absolute atomic E-state index is 11.0. The molecule has 0 bridgehead atoms. The van der Waals surface area contributed by atoms with Crippen LogP contribution in [0.15, 0.2) is 4.99 Å². The third kappa shape index (κ3) is 1.68. The third-order valence-corrected chi connectivity index (χ3v) is 1.43. The average molecular weight is 157 g/mol. The Morgan fingerprint density at radius 2 is 2.45 bits per heavy atom. The van der Waals surface area contributed by atoms with Crippen LogP contribution >= 0.6 is 0 Å². The summed E-state index contributed by atoms with van der Waals surface area (Å²) in [5.41, 5.74) is 0. The van der Waals surface area contributed by atoms with Gasteiger partial charge in [0.15, 0.2) is 5.96 Å². The first-order valence-electron chi connectivity index (χ1n) is 3.31. The van der Waals surface area contributed by atoms with E-state index in [9.17, 15) is 4.79 Å². The maximum Gasteiger partial charge on any atom is 0.251 e. The highest BCUT2D eigenvalue weighted by Gasteiger charge is 2.27. The van der Waals surface area contributed by atoms with Gasteiger partial charge in [0.2, 0.25) is 0 Å². The van der Waals surface area contributed by atoms with E-state index in [0.717, 1.165) is 0 Å². The van der Waals surface area contributed by atoms with Crippen molar-refractivity contribution in [3.05, 3.63) is 0 Å². The zero-order valence-corrected chi connectivity index (χ0v) is 6.55. The SMILES string of the molecule is CN=C1NC(=O)C(COC)N1. The summed E-state index contributed by atoms with van der Waals surface area (Å²) in [6.45, 7) is 0.366. The van der Waals surface area contributed by atoms with Gasteiger partial charge in [-0.1, -0.05) is 0 Å². The molecule has 1 aliphatic rings. The number of ether oxygens (including phenoxy) is 1. The molecule has 0 aromatic carbocycles. The molecule has 1 rings (SSSR count). The fourth-order valence-electron chi connectivity index (χ4n) is 0.875. The van der Waals surface area contributed by atoms with Crippen LogP contribution in [-0.2, 0) is 9.53 Å².